The van der Waals surface area contributed by atoms with Crippen molar-refractivity contribution in [1.82, 2.24) is 0 Å². The average molecular weight is 821 g/mol. The standard InChI is InChI=1S/C33H42F2N4O18/c1-17-9-20-21-11-23(34)22-10-18(40)6-7-30(22,2)32(21,35)25(41)13-31(20,3)33(17,56-27(43)5-4-8-54-37(46)47)26(42)16-52-28(44)12-24(36)29(45)53-14-19(57-39(50)51)15-55-38(48)49/h6-7,10,17,19-21,23-25,41H,4-5,8-9,11-16,36H2,1-3H3/t17-,19?,20?,21?,23+,24?,25+,30+,31+,32+,33+/m1/s1. The van der Waals surface area contributed by atoms with E-state index in [0.717, 1.165) is 12.2 Å². The molecular formula is C33H42F2N4O18. The Morgan fingerprint density at radius 2 is 1.67 bits per heavy atom. The quantitative estimate of drug-likeness (QED) is 0.0603. The summed E-state index contributed by atoms with van der Waals surface area (Å²) < 4.78 is 49.5. The van der Waals surface area contributed by atoms with Gasteiger partial charge in [0.1, 0.15) is 25.4 Å². The van der Waals surface area contributed by atoms with Crippen LogP contribution in [0.15, 0.2) is 23.8 Å². The van der Waals surface area contributed by atoms with E-state index in [-0.39, 0.29) is 18.4 Å². The molecule has 0 heterocycles. The molecule has 57 heavy (non-hydrogen) atoms. The lowest BCUT2D eigenvalue weighted by molar-refractivity contribution is -0.790. The van der Waals surface area contributed by atoms with E-state index in [1.807, 2.05) is 0 Å². The Kier molecular flexibility index (Phi) is 13.2. The number of carbonyl (C=O) groups excluding carboxylic acids is 5. The zero-order chi connectivity index (χ0) is 42.7. The first-order valence-electron chi connectivity index (χ1n) is 17.7. The second kappa shape index (κ2) is 17.0. The van der Waals surface area contributed by atoms with E-state index in [1.54, 1.807) is 0 Å². The number of hydrogen-bond acceptors (Lipinski definition) is 19. The number of Topliss-reactive ketones (excluding diaryl/α,β-unsaturated/α-hetero) is 1. The number of nitrogens with two attached hydrogens (primary N) is 1. The van der Waals surface area contributed by atoms with E-state index in [1.165, 1.54) is 26.8 Å². The van der Waals surface area contributed by atoms with Gasteiger partial charge in [0, 0.05) is 29.1 Å². The molecule has 0 bridgehead atoms. The summed E-state index contributed by atoms with van der Waals surface area (Å²) in [6.45, 7) is 0.740. The number of carbonyl (C=O) groups is 5. The predicted molar refractivity (Wildman–Crippen MR) is 179 cm³/mol. The molecule has 0 aromatic heterocycles. The summed E-state index contributed by atoms with van der Waals surface area (Å²) >= 11 is 0. The molecule has 24 heteroatoms. The molecular weight excluding hydrogens is 778 g/mol. The fourth-order valence-corrected chi connectivity index (χ4v) is 9.21. The van der Waals surface area contributed by atoms with Crippen molar-refractivity contribution in [2.24, 2.45) is 34.3 Å². The van der Waals surface area contributed by atoms with Crippen LogP contribution in [0.25, 0.3) is 0 Å². The lowest BCUT2D eigenvalue weighted by Gasteiger charge is -2.63. The van der Waals surface area contributed by atoms with Crippen molar-refractivity contribution < 1.29 is 81.8 Å². The van der Waals surface area contributed by atoms with Gasteiger partial charge in [0.2, 0.25) is 5.78 Å². The Balaban J connectivity index is 1.56. The first-order chi connectivity index (χ1) is 26.5. The summed E-state index contributed by atoms with van der Waals surface area (Å²) in [5.74, 6) is -8.47. The van der Waals surface area contributed by atoms with Gasteiger partial charge in [0.05, 0.1) is 19.1 Å². The predicted octanol–water partition coefficient (Wildman–Crippen LogP) is 0.980. The lowest BCUT2D eigenvalue weighted by Crippen LogP contribution is -2.71. The van der Waals surface area contributed by atoms with Crippen LogP contribution >= 0.6 is 0 Å². The van der Waals surface area contributed by atoms with Crippen LogP contribution in [0.1, 0.15) is 59.3 Å². The maximum Gasteiger partial charge on any atom is 0.323 e. The first kappa shape index (κ1) is 44.3. The highest BCUT2D eigenvalue weighted by atomic mass is 19.1. The maximum atomic E-state index is 17.7. The molecule has 0 radical (unpaired) electrons. The largest absolute Gasteiger partial charge is 0.462 e. The Morgan fingerprint density at radius 3 is 2.30 bits per heavy atom. The van der Waals surface area contributed by atoms with Crippen molar-refractivity contribution in [3.05, 3.63) is 54.1 Å². The summed E-state index contributed by atoms with van der Waals surface area (Å²) in [6.07, 6.45) is -4.92. The number of allylic oxidation sites excluding steroid dienone is 4. The monoisotopic (exact) mass is 820 g/mol. The summed E-state index contributed by atoms with van der Waals surface area (Å²) in [6, 6.07) is -1.80. The molecule has 0 aromatic rings. The minimum absolute atomic E-state index is 0.0496. The van der Waals surface area contributed by atoms with Crippen molar-refractivity contribution >= 4 is 29.5 Å². The second-order valence-corrected chi connectivity index (χ2v) is 14.9. The zero-order valence-corrected chi connectivity index (χ0v) is 30.9. The number of ketones is 2. The normalized spacial score (nSPS) is 33.5. The van der Waals surface area contributed by atoms with E-state index in [0.29, 0.717) is 0 Å². The van der Waals surface area contributed by atoms with Gasteiger partial charge in [-0.05, 0) is 56.3 Å². The van der Waals surface area contributed by atoms with Gasteiger partial charge >= 0.3 is 17.9 Å². The van der Waals surface area contributed by atoms with E-state index in [2.05, 4.69) is 14.5 Å². The molecule has 316 valence electrons. The van der Waals surface area contributed by atoms with Crippen LogP contribution < -0.4 is 5.73 Å². The maximum absolute atomic E-state index is 17.7. The van der Waals surface area contributed by atoms with Gasteiger partial charge in [-0.15, -0.1) is 30.3 Å². The summed E-state index contributed by atoms with van der Waals surface area (Å²) in [4.78, 5) is 109. The SMILES string of the molecule is C[C@@H]1CC2C3C[C@H](F)C4=CC(=O)C=C[C@]4(C)[C@@]3(F)[C@@H](O)C[C@]2(C)[C@@]1(OC(=O)CCCO[N+](=O)[O-])C(=O)COC(=O)CC(N)C(=O)OCC(CO[N+](=O)[O-])O[N+](=O)[O-]. The van der Waals surface area contributed by atoms with Crippen LogP contribution in [0.2, 0.25) is 0 Å². The highest BCUT2D eigenvalue weighted by Crippen LogP contribution is 2.71. The van der Waals surface area contributed by atoms with Crippen LogP contribution in [0, 0.1) is 58.9 Å². The number of esters is 3. The fourth-order valence-electron chi connectivity index (χ4n) is 9.21. The molecule has 0 spiro atoms. The molecule has 0 amide bonds. The molecule has 3 N–H and O–H groups in total. The smallest absolute Gasteiger partial charge is 0.323 e. The number of fused-ring (bicyclic) bond motifs is 5. The Bertz CT molecular complexity index is 1730. The number of rotatable bonds is 19. The third-order valence-corrected chi connectivity index (χ3v) is 11.6. The third-order valence-electron chi connectivity index (χ3n) is 11.6. The number of ether oxygens (including phenoxy) is 3. The Labute approximate surface area is 321 Å². The Hall–Kier alpha value is -5.39. The van der Waals surface area contributed by atoms with Crippen molar-refractivity contribution in [2.75, 3.05) is 26.4 Å². The number of alkyl halides is 2. The average Bonchev–Trinajstić information content (AvgIpc) is 3.33. The van der Waals surface area contributed by atoms with Crippen LogP contribution in [-0.2, 0) is 52.7 Å². The lowest BCUT2D eigenvalue weighted by atomic mass is 9.44. The molecule has 4 unspecified atom stereocenters. The number of aliphatic hydroxyl groups is 1. The molecule has 11 atom stereocenters. The van der Waals surface area contributed by atoms with Gasteiger partial charge < -0.3 is 39.6 Å². The van der Waals surface area contributed by atoms with E-state index in [4.69, 9.17) is 19.9 Å². The van der Waals surface area contributed by atoms with Gasteiger partial charge in [-0.25, -0.2) is 8.78 Å². The molecule has 3 saturated carbocycles. The van der Waals surface area contributed by atoms with Crippen molar-refractivity contribution in [1.29, 1.82) is 0 Å². The first-order valence-corrected chi connectivity index (χ1v) is 17.7. The molecule has 3 fully saturated rings. The number of hydrogen-bond donors (Lipinski definition) is 2. The summed E-state index contributed by atoms with van der Waals surface area (Å²) in [5.41, 5.74) is -2.67. The van der Waals surface area contributed by atoms with Crippen LogP contribution in [0.4, 0.5) is 8.78 Å². The third kappa shape index (κ3) is 8.50. The minimum atomic E-state index is -2.56. The number of nitrogens with zero attached hydrogens (tertiary/aromatic N) is 3. The van der Waals surface area contributed by atoms with Gasteiger partial charge in [0.25, 0.3) is 15.3 Å². The fraction of sp³-hybridized carbons (Fsp3) is 0.727. The highest BCUT2D eigenvalue weighted by Gasteiger charge is 2.78. The minimum Gasteiger partial charge on any atom is -0.462 e. The molecule has 0 aromatic carbocycles. The van der Waals surface area contributed by atoms with Crippen molar-refractivity contribution in [3.63, 3.8) is 0 Å². The van der Waals surface area contributed by atoms with E-state index < -0.39 is 161 Å². The van der Waals surface area contributed by atoms with Crippen molar-refractivity contribution in [2.45, 2.75) is 95.0 Å². The second-order valence-electron chi connectivity index (χ2n) is 14.9. The van der Waals surface area contributed by atoms with E-state index in [9.17, 15) is 59.4 Å². The van der Waals surface area contributed by atoms with Gasteiger partial charge in [0.15, 0.2) is 29.8 Å². The summed E-state index contributed by atoms with van der Waals surface area (Å²) in [5, 5.41) is 39.7. The van der Waals surface area contributed by atoms with Gasteiger partial charge in [-0.2, -0.15) is 0 Å². The van der Waals surface area contributed by atoms with Gasteiger partial charge in [-0.3, -0.25) is 24.0 Å². The van der Waals surface area contributed by atoms with E-state index >= 15 is 8.78 Å². The van der Waals surface area contributed by atoms with Crippen LogP contribution in [-0.4, -0.2) is 112 Å². The zero-order valence-electron chi connectivity index (χ0n) is 30.9. The highest BCUT2D eigenvalue weighted by molar-refractivity contribution is 6.01. The molecule has 0 aliphatic heterocycles. The Morgan fingerprint density at radius 1 is 1.00 bits per heavy atom. The van der Waals surface area contributed by atoms with Crippen LogP contribution in [0.5, 0.6) is 0 Å². The summed E-state index contributed by atoms with van der Waals surface area (Å²) in [7, 11) is 0. The number of aliphatic hydroxyl groups excluding tert-OH is 1. The topological polar surface area (TPSA) is 316 Å². The molecule has 22 nitrogen and oxygen atoms in total. The van der Waals surface area contributed by atoms with Gasteiger partial charge in [-0.1, -0.05) is 19.9 Å². The molecule has 4 rings (SSSR count). The molecule has 4 aliphatic carbocycles. The number of halogens is 2. The van der Waals surface area contributed by atoms with Crippen molar-refractivity contribution in [3.8, 4) is 0 Å². The molecule has 4 aliphatic rings. The van der Waals surface area contributed by atoms with Crippen LogP contribution in [0.3, 0.4) is 0 Å². The molecule has 0 saturated heterocycles.